The standard InChI is InChI=1S/C8H16.C5H12N2.C2H6.2H2O/c1-8-6-4-2-3-5-7-8;1-5-4-6-2-3-7-5;1-2;;/h8H,2-7H2,1H3;5-7H,2-4H2,1H3;1-2H3;2*1H2. The lowest BCUT2D eigenvalue weighted by Crippen LogP contribution is -2.46. The van der Waals surface area contributed by atoms with Gasteiger partial charge in [0, 0.05) is 25.7 Å². The van der Waals surface area contributed by atoms with Crippen LogP contribution >= 0.6 is 0 Å². The van der Waals surface area contributed by atoms with Crippen LogP contribution < -0.4 is 10.6 Å². The Morgan fingerprint density at radius 1 is 0.789 bits per heavy atom. The molecule has 1 saturated heterocycles. The summed E-state index contributed by atoms with van der Waals surface area (Å²) >= 11 is 0. The number of nitrogens with one attached hydrogen (secondary N) is 2. The van der Waals surface area contributed by atoms with Crippen molar-refractivity contribution in [3.63, 3.8) is 0 Å². The van der Waals surface area contributed by atoms with Gasteiger partial charge in [-0.1, -0.05) is 59.3 Å². The summed E-state index contributed by atoms with van der Waals surface area (Å²) in [6.45, 7) is 11.9. The van der Waals surface area contributed by atoms with E-state index in [4.69, 9.17) is 0 Å². The lowest BCUT2D eigenvalue weighted by atomic mass is 10.0. The fourth-order valence-corrected chi connectivity index (χ4v) is 2.28. The number of hydrogen-bond donors (Lipinski definition) is 2. The molecule has 1 saturated carbocycles. The van der Waals surface area contributed by atoms with Gasteiger partial charge in [-0.2, -0.15) is 0 Å². The first-order chi connectivity index (χ1) is 8.29. The van der Waals surface area contributed by atoms with Crippen LogP contribution in [0.5, 0.6) is 0 Å². The third kappa shape index (κ3) is 15.8. The Balaban J connectivity index is -0.000000219. The van der Waals surface area contributed by atoms with Crippen molar-refractivity contribution in [3.05, 3.63) is 0 Å². The maximum atomic E-state index is 3.32. The van der Waals surface area contributed by atoms with Gasteiger partial charge in [-0.05, 0) is 12.8 Å². The van der Waals surface area contributed by atoms with Crippen LogP contribution in [0.2, 0.25) is 0 Å². The van der Waals surface area contributed by atoms with E-state index in [1.54, 1.807) is 0 Å². The smallest absolute Gasteiger partial charge is 0.0164 e. The van der Waals surface area contributed by atoms with E-state index in [1.165, 1.54) is 38.5 Å². The predicted molar refractivity (Wildman–Crippen MR) is 85.8 cm³/mol. The molecule has 1 heterocycles. The van der Waals surface area contributed by atoms with Crippen LogP contribution in [0.25, 0.3) is 0 Å². The minimum absolute atomic E-state index is 0. The van der Waals surface area contributed by atoms with E-state index in [0.717, 1.165) is 25.6 Å². The maximum absolute atomic E-state index is 3.32. The maximum Gasteiger partial charge on any atom is 0.0164 e. The second-order valence-corrected chi connectivity index (χ2v) is 5.16. The fraction of sp³-hybridized carbons (Fsp3) is 1.00. The van der Waals surface area contributed by atoms with Crippen molar-refractivity contribution in [1.29, 1.82) is 0 Å². The van der Waals surface area contributed by atoms with Crippen molar-refractivity contribution in [1.82, 2.24) is 10.6 Å². The Morgan fingerprint density at radius 2 is 1.32 bits per heavy atom. The molecule has 0 spiro atoms. The predicted octanol–water partition coefficient (Wildman–Crippen LogP) is 1.92. The monoisotopic (exact) mass is 278 g/mol. The molecule has 19 heavy (non-hydrogen) atoms. The van der Waals surface area contributed by atoms with E-state index < -0.39 is 0 Å². The fourth-order valence-electron chi connectivity index (χ4n) is 2.28. The highest BCUT2D eigenvalue weighted by Crippen LogP contribution is 2.21. The SMILES string of the molecule is CC.CC1CCCCCC1.CC1CNCCN1.O.O. The molecule has 0 amide bonds. The Morgan fingerprint density at radius 3 is 1.63 bits per heavy atom. The van der Waals surface area contributed by atoms with E-state index in [-0.39, 0.29) is 11.0 Å². The molecule has 0 aromatic heterocycles. The Kier molecular flexibility index (Phi) is 22.4. The average Bonchev–Trinajstić information content (AvgIpc) is 2.61. The van der Waals surface area contributed by atoms with Crippen LogP contribution in [0.1, 0.15) is 66.2 Å². The highest BCUT2D eigenvalue weighted by Gasteiger charge is 2.05. The molecule has 4 nitrogen and oxygen atoms in total. The van der Waals surface area contributed by atoms with Crippen molar-refractivity contribution in [2.45, 2.75) is 72.3 Å². The topological polar surface area (TPSA) is 87.1 Å². The molecule has 1 unspecified atom stereocenters. The number of hydrogen-bond acceptors (Lipinski definition) is 2. The Labute approximate surface area is 120 Å². The van der Waals surface area contributed by atoms with Crippen molar-refractivity contribution in [2.24, 2.45) is 5.92 Å². The summed E-state index contributed by atoms with van der Waals surface area (Å²) < 4.78 is 0. The van der Waals surface area contributed by atoms with Gasteiger partial charge >= 0.3 is 0 Å². The molecule has 0 bridgehead atoms. The quantitative estimate of drug-likeness (QED) is 0.663. The van der Waals surface area contributed by atoms with E-state index in [2.05, 4.69) is 24.5 Å². The molecule has 2 rings (SSSR count). The minimum atomic E-state index is 0. The van der Waals surface area contributed by atoms with Crippen molar-refractivity contribution >= 4 is 0 Å². The van der Waals surface area contributed by atoms with E-state index in [0.29, 0.717) is 6.04 Å². The first-order valence-electron chi connectivity index (χ1n) is 7.73. The zero-order valence-corrected chi connectivity index (χ0v) is 13.5. The van der Waals surface area contributed by atoms with Gasteiger partial charge in [0.25, 0.3) is 0 Å². The van der Waals surface area contributed by atoms with E-state index >= 15 is 0 Å². The lowest BCUT2D eigenvalue weighted by Gasteiger charge is -2.19. The number of rotatable bonds is 0. The summed E-state index contributed by atoms with van der Waals surface area (Å²) in [7, 11) is 0. The Hall–Kier alpha value is -0.160. The van der Waals surface area contributed by atoms with Gasteiger partial charge in [0.05, 0.1) is 0 Å². The molecule has 1 aliphatic carbocycles. The molecule has 6 N–H and O–H groups in total. The van der Waals surface area contributed by atoms with Crippen molar-refractivity contribution < 1.29 is 11.0 Å². The normalized spacial score (nSPS) is 23.1. The zero-order chi connectivity index (χ0) is 12.9. The molecular formula is C15H38N2O2. The van der Waals surface area contributed by atoms with Crippen molar-refractivity contribution in [2.75, 3.05) is 19.6 Å². The molecule has 0 radical (unpaired) electrons. The second kappa shape index (κ2) is 17.8. The van der Waals surface area contributed by atoms with E-state index in [9.17, 15) is 0 Å². The largest absolute Gasteiger partial charge is 0.412 e. The highest BCUT2D eigenvalue weighted by atomic mass is 16.0. The molecule has 1 atom stereocenters. The van der Waals surface area contributed by atoms with Crippen LogP contribution in [0.3, 0.4) is 0 Å². The van der Waals surface area contributed by atoms with Gasteiger partial charge in [-0.15, -0.1) is 0 Å². The molecule has 2 fully saturated rings. The summed E-state index contributed by atoms with van der Waals surface area (Å²) in [6.07, 6.45) is 8.93. The zero-order valence-electron chi connectivity index (χ0n) is 13.5. The van der Waals surface area contributed by atoms with Crippen LogP contribution in [0.15, 0.2) is 0 Å². The first-order valence-corrected chi connectivity index (χ1v) is 7.73. The lowest BCUT2D eigenvalue weighted by molar-refractivity contribution is 0.442. The van der Waals surface area contributed by atoms with Crippen LogP contribution in [0.4, 0.5) is 0 Å². The number of piperazine rings is 1. The molecule has 4 heteroatoms. The summed E-state index contributed by atoms with van der Waals surface area (Å²) in [5.41, 5.74) is 0. The van der Waals surface area contributed by atoms with Gasteiger partial charge in [-0.3, -0.25) is 0 Å². The Bertz CT molecular complexity index is 143. The molecule has 0 aromatic rings. The van der Waals surface area contributed by atoms with Crippen molar-refractivity contribution in [3.8, 4) is 0 Å². The van der Waals surface area contributed by atoms with Crippen LogP contribution in [0, 0.1) is 5.92 Å². The van der Waals surface area contributed by atoms with Gasteiger partial charge < -0.3 is 21.6 Å². The molecule has 1 aliphatic heterocycles. The summed E-state index contributed by atoms with van der Waals surface area (Å²) in [5.74, 6) is 1.03. The minimum Gasteiger partial charge on any atom is -0.412 e. The van der Waals surface area contributed by atoms with Gasteiger partial charge in [0.1, 0.15) is 0 Å². The van der Waals surface area contributed by atoms with Gasteiger partial charge in [0.2, 0.25) is 0 Å². The van der Waals surface area contributed by atoms with Gasteiger partial charge in [0.15, 0.2) is 0 Å². The molecule has 120 valence electrons. The van der Waals surface area contributed by atoms with E-state index in [1.807, 2.05) is 13.8 Å². The average molecular weight is 278 g/mol. The molecule has 0 aromatic carbocycles. The second-order valence-electron chi connectivity index (χ2n) is 5.16. The summed E-state index contributed by atoms with van der Waals surface area (Å²) in [4.78, 5) is 0. The van der Waals surface area contributed by atoms with Crippen LogP contribution in [-0.2, 0) is 0 Å². The summed E-state index contributed by atoms with van der Waals surface area (Å²) in [6, 6.07) is 0.675. The highest BCUT2D eigenvalue weighted by molar-refractivity contribution is 4.69. The summed E-state index contributed by atoms with van der Waals surface area (Å²) in [5, 5.41) is 6.59. The first kappa shape index (κ1) is 23.9. The molecular weight excluding hydrogens is 240 g/mol. The van der Waals surface area contributed by atoms with Crippen LogP contribution in [-0.4, -0.2) is 36.6 Å². The third-order valence-corrected chi connectivity index (χ3v) is 3.39. The van der Waals surface area contributed by atoms with Gasteiger partial charge in [-0.25, -0.2) is 0 Å². The molecule has 2 aliphatic rings. The third-order valence-electron chi connectivity index (χ3n) is 3.39.